The molecule has 1 atom stereocenters. The average molecular weight is 282 g/mol. The number of benzene rings is 2. The fraction of sp³-hybridized carbons (Fsp3) is 0.278. The SMILES string of the molecule is Cc1cc(C)cc(NC(=O)[C@@H](c2ccccc2)N(C)C)c1. The van der Waals surface area contributed by atoms with Crippen molar-refractivity contribution in [1.29, 1.82) is 0 Å². The topological polar surface area (TPSA) is 32.3 Å². The summed E-state index contributed by atoms with van der Waals surface area (Å²) in [5.74, 6) is -0.0174. The Balaban J connectivity index is 2.24. The van der Waals surface area contributed by atoms with Gasteiger partial charge in [-0.25, -0.2) is 0 Å². The van der Waals surface area contributed by atoms with Crippen molar-refractivity contribution in [2.75, 3.05) is 19.4 Å². The Kier molecular flexibility index (Phi) is 4.76. The number of amides is 1. The van der Waals surface area contributed by atoms with Crippen LogP contribution in [0.3, 0.4) is 0 Å². The van der Waals surface area contributed by atoms with Gasteiger partial charge in [0.2, 0.25) is 5.91 Å². The highest BCUT2D eigenvalue weighted by atomic mass is 16.2. The van der Waals surface area contributed by atoms with Gasteiger partial charge in [-0.3, -0.25) is 9.69 Å². The Morgan fingerprint density at radius 2 is 1.57 bits per heavy atom. The lowest BCUT2D eigenvalue weighted by Gasteiger charge is -2.24. The van der Waals surface area contributed by atoms with Crippen molar-refractivity contribution in [3.63, 3.8) is 0 Å². The maximum atomic E-state index is 12.6. The molecule has 0 heterocycles. The summed E-state index contributed by atoms with van der Waals surface area (Å²) >= 11 is 0. The zero-order valence-corrected chi connectivity index (χ0v) is 13.1. The van der Waals surface area contributed by atoms with Crippen LogP contribution in [0, 0.1) is 13.8 Å². The Bertz CT molecular complexity index is 600. The first-order chi connectivity index (χ1) is 9.97. The molecule has 3 heteroatoms. The predicted molar refractivity (Wildman–Crippen MR) is 87.4 cm³/mol. The van der Waals surface area contributed by atoms with Crippen LogP contribution >= 0.6 is 0 Å². The minimum atomic E-state index is -0.299. The van der Waals surface area contributed by atoms with Gasteiger partial charge in [0.15, 0.2) is 0 Å². The van der Waals surface area contributed by atoms with Gasteiger partial charge in [0.1, 0.15) is 6.04 Å². The molecule has 0 aliphatic rings. The molecule has 3 nitrogen and oxygen atoms in total. The van der Waals surface area contributed by atoms with Gasteiger partial charge in [-0.15, -0.1) is 0 Å². The molecular formula is C18H22N2O. The molecule has 0 radical (unpaired) electrons. The van der Waals surface area contributed by atoms with Crippen LogP contribution < -0.4 is 5.32 Å². The van der Waals surface area contributed by atoms with Gasteiger partial charge in [-0.1, -0.05) is 36.4 Å². The molecule has 0 aliphatic heterocycles. The number of likely N-dealkylation sites (N-methyl/N-ethyl adjacent to an activating group) is 1. The Hall–Kier alpha value is -2.13. The second-order valence-corrected chi connectivity index (χ2v) is 5.64. The van der Waals surface area contributed by atoms with E-state index >= 15 is 0 Å². The zero-order valence-electron chi connectivity index (χ0n) is 13.1. The molecule has 0 saturated carbocycles. The van der Waals surface area contributed by atoms with Gasteiger partial charge in [-0.05, 0) is 56.8 Å². The summed E-state index contributed by atoms with van der Waals surface area (Å²) in [6.07, 6.45) is 0. The molecule has 0 fully saturated rings. The van der Waals surface area contributed by atoms with E-state index < -0.39 is 0 Å². The fourth-order valence-electron chi connectivity index (χ4n) is 2.58. The minimum Gasteiger partial charge on any atom is -0.324 e. The number of rotatable bonds is 4. The predicted octanol–water partition coefficient (Wildman–Crippen LogP) is 3.54. The Morgan fingerprint density at radius 3 is 2.10 bits per heavy atom. The summed E-state index contributed by atoms with van der Waals surface area (Å²) < 4.78 is 0. The van der Waals surface area contributed by atoms with Gasteiger partial charge >= 0.3 is 0 Å². The summed E-state index contributed by atoms with van der Waals surface area (Å²) in [5.41, 5.74) is 4.13. The largest absolute Gasteiger partial charge is 0.324 e. The molecular weight excluding hydrogens is 260 g/mol. The van der Waals surface area contributed by atoms with Crippen molar-refractivity contribution in [2.24, 2.45) is 0 Å². The zero-order chi connectivity index (χ0) is 15.4. The second kappa shape index (κ2) is 6.55. The van der Waals surface area contributed by atoms with Crippen molar-refractivity contribution >= 4 is 11.6 Å². The van der Waals surface area contributed by atoms with Gasteiger partial charge in [0.25, 0.3) is 0 Å². The molecule has 0 spiro atoms. The van der Waals surface area contributed by atoms with Crippen molar-refractivity contribution < 1.29 is 4.79 Å². The van der Waals surface area contributed by atoms with Crippen LogP contribution in [0.4, 0.5) is 5.69 Å². The van der Waals surface area contributed by atoms with Gasteiger partial charge in [-0.2, -0.15) is 0 Å². The molecule has 110 valence electrons. The van der Waals surface area contributed by atoms with E-state index in [-0.39, 0.29) is 11.9 Å². The fourth-order valence-corrected chi connectivity index (χ4v) is 2.58. The third-order valence-corrected chi connectivity index (χ3v) is 3.37. The van der Waals surface area contributed by atoms with Crippen LogP contribution in [0.25, 0.3) is 0 Å². The quantitative estimate of drug-likeness (QED) is 0.930. The third kappa shape index (κ3) is 3.92. The lowest BCUT2D eigenvalue weighted by molar-refractivity contribution is -0.120. The lowest BCUT2D eigenvalue weighted by atomic mass is 10.0. The van der Waals surface area contributed by atoms with Crippen LogP contribution in [-0.4, -0.2) is 24.9 Å². The van der Waals surface area contributed by atoms with Crippen LogP contribution in [0.2, 0.25) is 0 Å². The van der Waals surface area contributed by atoms with E-state index in [1.807, 2.05) is 75.3 Å². The smallest absolute Gasteiger partial charge is 0.246 e. The summed E-state index contributed by atoms with van der Waals surface area (Å²) in [6.45, 7) is 4.06. The molecule has 0 aliphatic carbocycles. The first-order valence-corrected chi connectivity index (χ1v) is 7.08. The van der Waals surface area contributed by atoms with E-state index in [0.717, 1.165) is 22.4 Å². The second-order valence-electron chi connectivity index (χ2n) is 5.64. The summed E-state index contributed by atoms with van der Waals surface area (Å²) in [5, 5.41) is 3.02. The average Bonchev–Trinajstić information content (AvgIpc) is 2.38. The highest BCUT2D eigenvalue weighted by Crippen LogP contribution is 2.21. The van der Waals surface area contributed by atoms with E-state index in [1.165, 1.54) is 0 Å². The van der Waals surface area contributed by atoms with Crippen LogP contribution in [0.1, 0.15) is 22.7 Å². The Morgan fingerprint density at radius 1 is 1.00 bits per heavy atom. The number of hydrogen-bond donors (Lipinski definition) is 1. The van der Waals surface area contributed by atoms with E-state index in [1.54, 1.807) is 0 Å². The normalized spacial score (nSPS) is 12.2. The maximum absolute atomic E-state index is 12.6. The molecule has 0 bridgehead atoms. The molecule has 2 rings (SSSR count). The lowest BCUT2D eigenvalue weighted by Crippen LogP contribution is -2.32. The molecule has 0 aromatic heterocycles. The third-order valence-electron chi connectivity index (χ3n) is 3.37. The summed E-state index contributed by atoms with van der Waals surface area (Å²) in [4.78, 5) is 14.5. The highest BCUT2D eigenvalue weighted by molar-refractivity contribution is 5.95. The van der Waals surface area contributed by atoms with Crippen LogP contribution in [-0.2, 0) is 4.79 Å². The van der Waals surface area contributed by atoms with Gasteiger partial charge < -0.3 is 5.32 Å². The molecule has 2 aromatic rings. The number of carbonyl (C=O) groups excluding carboxylic acids is 1. The number of carbonyl (C=O) groups is 1. The minimum absolute atomic E-state index is 0.0174. The maximum Gasteiger partial charge on any atom is 0.246 e. The monoisotopic (exact) mass is 282 g/mol. The van der Waals surface area contributed by atoms with Crippen molar-refractivity contribution in [1.82, 2.24) is 4.90 Å². The molecule has 21 heavy (non-hydrogen) atoms. The van der Waals surface area contributed by atoms with Crippen molar-refractivity contribution in [3.8, 4) is 0 Å². The summed E-state index contributed by atoms with van der Waals surface area (Å²) in [7, 11) is 3.83. The highest BCUT2D eigenvalue weighted by Gasteiger charge is 2.22. The number of hydrogen-bond acceptors (Lipinski definition) is 2. The van der Waals surface area contributed by atoms with E-state index in [9.17, 15) is 4.79 Å². The Labute approximate surface area is 126 Å². The number of aryl methyl sites for hydroxylation is 2. The number of anilines is 1. The van der Waals surface area contributed by atoms with E-state index in [2.05, 4.69) is 11.4 Å². The van der Waals surface area contributed by atoms with Gasteiger partial charge in [0.05, 0.1) is 0 Å². The molecule has 1 amide bonds. The molecule has 1 N–H and O–H groups in total. The van der Waals surface area contributed by atoms with E-state index in [4.69, 9.17) is 0 Å². The first kappa shape index (κ1) is 15.3. The standard InChI is InChI=1S/C18H22N2O/c1-13-10-14(2)12-16(11-13)19-18(21)17(20(3)4)15-8-6-5-7-9-15/h5-12,17H,1-4H3,(H,19,21)/t17-/m1/s1. The number of nitrogens with one attached hydrogen (secondary N) is 1. The van der Waals surface area contributed by atoms with Crippen LogP contribution in [0.15, 0.2) is 48.5 Å². The van der Waals surface area contributed by atoms with Crippen molar-refractivity contribution in [3.05, 3.63) is 65.2 Å². The van der Waals surface area contributed by atoms with Crippen LogP contribution in [0.5, 0.6) is 0 Å². The molecule has 2 aromatic carbocycles. The summed E-state index contributed by atoms with van der Waals surface area (Å²) in [6, 6.07) is 15.6. The van der Waals surface area contributed by atoms with Crippen molar-refractivity contribution in [2.45, 2.75) is 19.9 Å². The molecule has 0 saturated heterocycles. The molecule has 0 unspecified atom stereocenters. The van der Waals surface area contributed by atoms with Gasteiger partial charge in [0, 0.05) is 5.69 Å². The number of nitrogens with zero attached hydrogens (tertiary/aromatic N) is 1. The first-order valence-electron chi connectivity index (χ1n) is 7.08. The van der Waals surface area contributed by atoms with E-state index in [0.29, 0.717) is 0 Å².